The molecule has 0 aliphatic carbocycles. The Labute approximate surface area is 136 Å². The Bertz CT molecular complexity index is 578. The number of rotatable bonds is 4. The Morgan fingerprint density at radius 2 is 1.87 bits per heavy atom. The molecule has 0 radical (unpaired) electrons. The van der Waals surface area contributed by atoms with E-state index in [1.165, 1.54) is 0 Å². The van der Waals surface area contributed by atoms with Gasteiger partial charge < -0.3 is 19.7 Å². The Kier molecular flexibility index (Phi) is 4.91. The van der Waals surface area contributed by atoms with Crippen molar-refractivity contribution in [2.75, 3.05) is 38.2 Å². The number of benzene rings is 1. The van der Waals surface area contributed by atoms with E-state index in [0.717, 1.165) is 38.2 Å². The lowest BCUT2D eigenvalue weighted by Crippen LogP contribution is -2.45. The van der Waals surface area contributed by atoms with E-state index in [9.17, 15) is 4.79 Å². The highest BCUT2D eigenvalue weighted by Gasteiger charge is 2.39. The van der Waals surface area contributed by atoms with Crippen molar-refractivity contribution in [3.63, 3.8) is 0 Å². The van der Waals surface area contributed by atoms with Crippen molar-refractivity contribution in [2.24, 2.45) is 0 Å². The standard InChI is InChI=1S/C17H21N3O3/c18-13-14-1-3-15(4-2-14)19-16(21)5-8-20-9-6-17(7-10-20)22-11-12-23-17/h1-4H,5-12H2,(H,19,21). The zero-order chi connectivity index (χ0) is 16.1. The number of nitrogens with one attached hydrogen (secondary N) is 1. The number of likely N-dealkylation sites (tertiary alicyclic amines) is 1. The highest BCUT2D eigenvalue weighted by atomic mass is 16.7. The summed E-state index contributed by atoms with van der Waals surface area (Å²) in [6, 6.07) is 8.94. The van der Waals surface area contributed by atoms with Crippen molar-refractivity contribution >= 4 is 11.6 Å². The lowest BCUT2D eigenvalue weighted by Gasteiger charge is -2.37. The van der Waals surface area contributed by atoms with Gasteiger partial charge in [0.25, 0.3) is 0 Å². The summed E-state index contributed by atoms with van der Waals surface area (Å²) < 4.78 is 11.4. The summed E-state index contributed by atoms with van der Waals surface area (Å²) in [5.41, 5.74) is 1.31. The molecule has 1 N–H and O–H groups in total. The van der Waals surface area contributed by atoms with E-state index in [2.05, 4.69) is 16.3 Å². The second-order valence-electron chi connectivity index (χ2n) is 5.94. The first kappa shape index (κ1) is 15.9. The zero-order valence-corrected chi connectivity index (χ0v) is 13.1. The van der Waals surface area contributed by atoms with Crippen LogP contribution in [0.15, 0.2) is 24.3 Å². The molecule has 2 aliphatic heterocycles. The van der Waals surface area contributed by atoms with Crippen LogP contribution in [0, 0.1) is 11.3 Å². The summed E-state index contributed by atoms with van der Waals surface area (Å²) >= 11 is 0. The molecule has 0 saturated carbocycles. The smallest absolute Gasteiger partial charge is 0.225 e. The predicted octanol–water partition coefficient (Wildman–Crippen LogP) is 1.73. The zero-order valence-electron chi connectivity index (χ0n) is 13.1. The minimum atomic E-state index is -0.360. The van der Waals surface area contributed by atoms with Crippen LogP contribution in [0.2, 0.25) is 0 Å². The van der Waals surface area contributed by atoms with Gasteiger partial charge in [0.05, 0.1) is 24.8 Å². The number of nitrogens with zero attached hydrogens (tertiary/aromatic N) is 2. The van der Waals surface area contributed by atoms with Gasteiger partial charge >= 0.3 is 0 Å². The average molecular weight is 315 g/mol. The molecule has 1 aromatic carbocycles. The second kappa shape index (κ2) is 7.09. The van der Waals surface area contributed by atoms with E-state index < -0.39 is 0 Å². The lowest BCUT2D eigenvalue weighted by atomic mass is 10.0. The third-order valence-corrected chi connectivity index (χ3v) is 4.38. The summed E-state index contributed by atoms with van der Waals surface area (Å²) in [7, 11) is 0. The maximum absolute atomic E-state index is 12.0. The van der Waals surface area contributed by atoms with Crippen LogP contribution in [0.25, 0.3) is 0 Å². The molecule has 122 valence electrons. The Morgan fingerprint density at radius 1 is 1.22 bits per heavy atom. The summed E-state index contributed by atoms with van der Waals surface area (Å²) in [6.07, 6.45) is 2.18. The van der Waals surface area contributed by atoms with Crippen LogP contribution in [0.4, 0.5) is 5.69 Å². The molecule has 0 atom stereocenters. The minimum absolute atomic E-state index is 0.0108. The van der Waals surface area contributed by atoms with E-state index >= 15 is 0 Å². The number of anilines is 1. The maximum atomic E-state index is 12.0. The highest BCUT2D eigenvalue weighted by molar-refractivity contribution is 5.90. The maximum Gasteiger partial charge on any atom is 0.225 e. The van der Waals surface area contributed by atoms with Gasteiger partial charge in [0, 0.05) is 44.6 Å². The molecule has 1 spiro atoms. The van der Waals surface area contributed by atoms with Crippen molar-refractivity contribution in [2.45, 2.75) is 25.0 Å². The normalized spacial score (nSPS) is 20.3. The highest BCUT2D eigenvalue weighted by Crippen LogP contribution is 2.31. The number of piperidine rings is 1. The fraction of sp³-hybridized carbons (Fsp3) is 0.529. The molecule has 3 rings (SSSR count). The van der Waals surface area contributed by atoms with Gasteiger partial charge in [-0.15, -0.1) is 0 Å². The molecule has 6 nitrogen and oxygen atoms in total. The fourth-order valence-electron chi connectivity index (χ4n) is 3.01. The number of amides is 1. The SMILES string of the molecule is N#Cc1ccc(NC(=O)CCN2CCC3(CC2)OCCO3)cc1. The Morgan fingerprint density at radius 3 is 2.48 bits per heavy atom. The van der Waals surface area contributed by atoms with Crippen molar-refractivity contribution in [3.05, 3.63) is 29.8 Å². The summed E-state index contributed by atoms with van der Waals surface area (Å²) in [6.45, 7) is 3.90. The quantitative estimate of drug-likeness (QED) is 0.916. The van der Waals surface area contributed by atoms with Crippen molar-refractivity contribution in [1.29, 1.82) is 5.26 Å². The molecule has 2 aliphatic rings. The molecular weight excluding hydrogens is 294 g/mol. The summed E-state index contributed by atoms with van der Waals surface area (Å²) in [5.74, 6) is -0.371. The van der Waals surface area contributed by atoms with Crippen LogP contribution in [0.5, 0.6) is 0 Å². The monoisotopic (exact) mass is 315 g/mol. The molecule has 6 heteroatoms. The van der Waals surface area contributed by atoms with Gasteiger partial charge in [-0.3, -0.25) is 4.79 Å². The number of carbonyl (C=O) groups is 1. The number of ether oxygens (including phenoxy) is 2. The van der Waals surface area contributed by atoms with E-state index in [0.29, 0.717) is 25.2 Å². The molecular formula is C17H21N3O3. The first-order valence-corrected chi connectivity index (χ1v) is 7.99. The van der Waals surface area contributed by atoms with Crippen molar-refractivity contribution < 1.29 is 14.3 Å². The summed E-state index contributed by atoms with van der Waals surface area (Å²) in [5, 5.41) is 11.6. The van der Waals surface area contributed by atoms with Crippen LogP contribution in [0.1, 0.15) is 24.8 Å². The van der Waals surface area contributed by atoms with Crippen LogP contribution >= 0.6 is 0 Å². The van der Waals surface area contributed by atoms with Gasteiger partial charge in [0.2, 0.25) is 5.91 Å². The van der Waals surface area contributed by atoms with Crippen molar-refractivity contribution in [3.8, 4) is 6.07 Å². The number of hydrogen-bond acceptors (Lipinski definition) is 5. The van der Waals surface area contributed by atoms with Gasteiger partial charge in [0.1, 0.15) is 0 Å². The van der Waals surface area contributed by atoms with E-state index in [1.54, 1.807) is 24.3 Å². The van der Waals surface area contributed by atoms with Crippen molar-refractivity contribution in [1.82, 2.24) is 4.90 Å². The largest absolute Gasteiger partial charge is 0.347 e. The van der Waals surface area contributed by atoms with E-state index in [4.69, 9.17) is 14.7 Å². The number of hydrogen-bond donors (Lipinski definition) is 1. The topological polar surface area (TPSA) is 74.6 Å². The fourth-order valence-corrected chi connectivity index (χ4v) is 3.01. The van der Waals surface area contributed by atoms with E-state index in [1.807, 2.05) is 0 Å². The molecule has 23 heavy (non-hydrogen) atoms. The van der Waals surface area contributed by atoms with Gasteiger partial charge in [-0.05, 0) is 24.3 Å². The average Bonchev–Trinajstić information content (AvgIpc) is 3.03. The summed E-state index contributed by atoms with van der Waals surface area (Å²) in [4.78, 5) is 14.3. The minimum Gasteiger partial charge on any atom is -0.347 e. The lowest BCUT2D eigenvalue weighted by molar-refractivity contribution is -0.185. The number of carbonyl (C=O) groups excluding carboxylic acids is 1. The molecule has 0 unspecified atom stereocenters. The van der Waals surface area contributed by atoms with E-state index in [-0.39, 0.29) is 11.7 Å². The molecule has 2 fully saturated rings. The third-order valence-electron chi connectivity index (χ3n) is 4.38. The molecule has 0 bridgehead atoms. The Balaban J connectivity index is 1.40. The van der Waals surface area contributed by atoms with Gasteiger partial charge in [0.15, 0.2) is 5.79 Å². The van der Waals surface area contributed by atoms with Crippen LogP contribution in [0.3, 0.4) is 0 Å². The van der Waals surface area contributed by atoms with Gasteiger partial charge in [-0.2, -0.15) is 5.26 Å². The predicted molar refractivity (Wildman–Crippen MR) is 84.7 cm³/mol. The van der Waals surface area contributed by atoms with Crippen LogP contribution < -0.4 is 5.32 Å². The van der Waals surface area contributed by atoms with Gasteiger partial charge in [-0.1, -0.05) is 0 Å². The molecule has 2 heterocycles. The molecule has 0 aromatic heterocycles. The van der Waals surface area contributed by atoms with Crippen LogP contribution in [-0.2, 0) is 14.3 Å². The van der Waals surface area contributed by atoms with Gasteiger partial charge in [-0.25, -0.2) is 0 Å². The third kappa shape index (κ3) is 4.08. The molecule has 1 amide bonds. The van der Waals surface area contributed by atoms with Crippen LogP contribution in [-0.4, -0.2) is 49.4 Å². The second-order valence-corrected chi connectivity index (χ2v) is 5.94. The molecule has 2 saturated heterocycles. The first-order valence-electron chi connectivity index (χ1n) is 7.99. The Hall–Kier alpha value is -1.94. The molecule has 1 aromatic rings. The number of nitriles is 1. The first-order chi connectivity index (χ1) is 11.2.